The topological polar surface area (TPSA) is 0 Å². The predicted molar refractivity (Wildman–Crippen MR) is 210 cm³/mol. The summed E-state index contributed by atoms with van der Waals surface area (Å²) in [4.78, 5) is 0. The third-order valence-corrected chi connectivity index (χ3v) is 13.8. The van der Waals surface area contributed by atoms with Crippen LogP contribution >= 0.6 is 0 Å². The molecule has 0 saturated heterocycles. The van der Waals surface area contributed by atoms with E-state index < -0.39 is 0 Å². The van der Waals surface area contributed by atoms with Crippen molar-refractivity contribution in [3.8, 4) is 0 Å². The monoisotopic (exact) mass is 1160 g/mol. The third kappa shape index (κ3) is 25.8. The molecule has 0 N–H and O–H groups in total. The van der Waals surface area contributed by atoms with Crippen molar-refractivity contribution in [3.63, 3.8) is 0 Å². The second-order valence-electron chi connectivity index (χ2n) is 15.5. The zero-order chi connectivity index (χ0) is 34.6. The molecule has 0 aliphatic carbocycles. The van der Waals surface area contributed by atoms with Crippen molar-refractivity contribution >= 4 is 0 Å². The second kappa shape index (κ2) is 38.6. The Labute approximate surface area is 386 Å². The summed E-state index contributed by atoms with van der Waals surface area (Å²) >= 11 is 0. The van der Waals surface area contributed by atoms with E-state index >= 15 is 0 Å². The van der Waals surface area contributed by atoms with E-state index in [1.807, 2.05) is 0 Å². The number of hydrogen-bond donors (Lipinski definition) is 0. The Morgan fingerprint density at radius 3 is 0.440 bits per heavy atom. The van der Waals surface area contributed by atoms with E-state index in [0.717, 1.165) is 0 Å². The molecule has 0 aliphatic rings. The Morgan fingerprint density at radius 1 is 0.180 bits per heavy atom. The Morgan fingerprint density at radius 2 is 0.300 bits per heavy atom. The van der Waals surface area contributed by atoms with Crippen LogP contribution in [0.15, 0.2) is 0 Å². The molecule has 0 radical (unpaired) electrons. The maximum absolute atomic E-state index is 2.45. The number of rotatable bonds is 35. The number of unbranched alkanes of at least 4 members (excludes halogenated alkanes) is 13. The predicted octanol–water partition coefficient (Wildman–Crippen LogP) is -1.29. The minimum absolute atomic E-state index is 0. The van der Waals surface area contributed by atoms with Crippen molar-refractivity contribution in [2.75, 3.05) is 105 Å². The molecule has 0 rings (SSSR count). The molecule has 0 aliphatic heterocycles. The molecule has 0 bridgehead atoms. The highest BCUT2D eigenvalue weighted by Crippen LogP contribution is 2.18. The van der Waals surface area contributed by atoms with E-state index in [0.29, 0.717) is 0 Å². The van der Waals surface area contributed by atoms with E-state index in [9.17, 15) is 0 Å². The van der Waals surface area contributed by atoms with Crippen LogP contribution in [0.4, 0.5) is 0 Å². The molecule has 0 unspecified atom stereocenters. The summed E-state index contributed by atoms with van der Waals surface area (Å²) in [7, 11) is 0. The maximum Gasteiger partial charge on any atom is 0.0786 e. The van der Waals surface area contributed by atoms with Gasteiger partial charge in [-0.3, -0.25) is 0 Å². The fourth-order valence-electron chi connectivity index (χ4n) is 8.68. The van der Waals surface area contributed by atoms with Crippen molar-refractivity contribution < 1.29 is 114 Å². The second-order valence-corrected chi connectivity index (χ2v) is 15.5. The van der Waals surface area contributed by atoms with Crippen LogP contribution < -0.4 is 95.9 Å². The van der Waals surface area contributed by atoms with Crippen LogP contribution in [-0.2, 0) is 0 Å². The molecule has 0 aromatic heterocycles. The van der Waals surface area contributed by atoms with Crippen molar-refractivity contribution in [2.45, 2.75) is 172 Å². The summed E-state index contributed by atoms with van der Waals surface area (Å²) in [6, 6.07) is 0. The van der Waals surface area contributed by atoms with Crippen LogP contribution in [0.3, 0.4) is 0 Å². The molecule has 310 valence electrons. The molecule has 0 amide bonds. The van der Waals surface area contributed by atoms with E-state index in [4.69, 9.17) is 0 Å². The van der Waals surface area contributed by atoms with Gasteiger partial charge in [-0.1, -0.05) is 25.7 Å². The molecule has 0 aromatic rings. The van der Waals surface area contributed by atoms with Gasteiger partial charge in [-0.15, -0.1) is 0 Å². The van der Waals surface area contributed by atoms with E-state index in [2.05, 4.69) is 69.2 Å². The molecule has 0 spiro atoms. The summed E-state index contributed by atoms with van der Waals surface area (Å²) in [5.41, 5.74) is 0. The summed E-state index contributed by atoms with van der Waals surface area (Å²) in [6.07, 6.45) is 23.0. The van der Waals surface area contributed by atoms with Crippen molar-refractivity contribution in [3.05, 3.63) is 0 Å². The smallest absolute Gasteiger partial charge is 0.0786 e. The highest BCUT2D eigenvalue weighted by atomic mass is 127. The average Bonchev–Trinajstić information content (AvgIpc) is 3.10. The normalized spacial score (nSPS) is 12.1. The van der Waals surface area contributed by atoms with Gasteiger partial charge in [0.1, 0.15) is 0 Å². The largest absolute Gasteiger partial charge is 1.00 e. The maximum atomic E-state index is 2.45. The summed E-state index contributed by atoms with van der Waals surface area (Å²) in [5.74, 6) is 0. The van der Waals surface area contributed by atoms with Gasteiger partial charge in [0.15, 0.2) is 0 Å². The minimum atomic E-state index is 0. The first-order chi connectivity index (χ1) is 22.2. The van der Waals surface area contributed by atoms with Crippen LogP contribution in [0, 0.1) is 0 Å². The Bertz CT molecular complexity index is 594. The summed E-state index contributed by atoms with van der Waals surface area (Å²) in [5, 5.41) is 0. The molecule has 0 fully saturated rings. The quantitative estimate of drug-likeness (QED) is 0.0422. The first-order valence-corrected chi connectivity index (χ1v) is 21.6. The van der Waals surface area contributed by atoms with Crippen LogP contribution in [0.1, 0.15) is 172 Å². The van der Waals surface area contributed by atoms with E-state index in [1.165, 1.54) is 225 Å². The molecule has 0 aromatic carbocycles. The minimum Gasteiger partial charge on any atom is -1.00 e. The highest BCUT2D eigenvalue weighted by Gasteiger charge is 2.24. The van der Waals surface area contributed by atoms with Gasteiger partial charge < -0.3 is 114 Å². The fraction of sp³-hybridized carbons (Fsp3) is 1.00. The molecular formula is C42H94I4N4. The van der Waals surface area contributed by atoms with Gasteiger partial charge in [0.2, 0.25) is 0 Å². The van der Waals surface area contributed by atoms with E-state index in [1.54, 1.807) is 0 Å². The Kier molecular flexibility index (Phi) is 47.9. The van der Waals surface area contributed by atoms with Crippen molar-refractivity contribution in [1.82, 2.24) is 0 Å². The molecule has 8 heteroatoms. The molecule has 0 heterocycles. The Hall–Kier alpha value is 2.76. The zero-order valence-corrected chi connectivity index (χ0v) is 44.6. The third-order valence-electron chi connectivity index (χ3n) is 13.8. The standard InChI is InChI=1S/C42H94N4.4HI/c1-11-43(12-2,13-3)37-31-25-21-23-27-33-39-45(17-7,18-8)41-35-29-30-36-42-46(19-9,20-10)40-34-28-24-22-26-32-38-44(14-4,15-5)16-6;;;;/h11-42H2,1-10H3;4*1H/q+4;;;;/p-4. The van der Waals surface area contributed by atoms with Crippen molar-refractivity contribution in [1.29, 1.82) is 0 Å². The number of quaternary nitrogens is 4. The van der Waals surface area contributed by atoms with Gasteiger partial charge in [-0.05, 0) is 146 Å². The van der Waals surface area contributed by atoms with Gasteiger partial charge in [-0.25, -0.2) is 0 Å². The highest BCUT2D eigenvalue weighted by molar-refractivity contribution is 4.53. The molecule has 50 heavy (non-hydrogen) atoms. The lowest BCUT2D eigenvalue weighted by molar-refractivity contribution is -0.926. The van der Waals surface area contributed by atoms with Crippen molar-refractivity contribution in [2.24, 2.45) is 0 Å². The van der Waals surface area contributed by atoms with Gasteiger partial charge in [0, 0.05) is 0 Å². The number of hydrogen-bond acceptors (Lipinski definition) is 0. The summed E-state index contributed by atoms with van der Waals surface area (Å²) < 4.78 is 5.37. The SMILES string of the molecule is CC[N+](CC)(CC)CCCCCCCC[N+](CC)(CC)CCCCCC[N+](CC)(CC)CCCCCCCC[N+](CC)(CC)CC.[I-].[I-].[I-].[I-]. The first kappa shape index (κ1) is 62.0. The van der Waals surface area contributed by atoms with Gasteiger partial charge in [-0.2, -0.15) is 0 Å². The number of nitrogens with zero attached hydrogens (tertiary/aromatic N) is 4. The Balaban J connectivity index is -0.00000169. The zero-order valence-electron chi connectivity index (χ0n) is 35.9. The van der Waals surface area contributed by atoms with Crippen LogP contribution in [0.2, 0.25) is 0 Å². The number of halogens is 4. The lowest BCUT2D eigenvalue weighted by Gasteiger charge is -2.38. The summed E-state index contributed by atoms with van der Waals surface area (Å²) in [6.45, 7) is 45.6. The molecule has 4 nitrogen and oxygen atoms in total. The van der Waals surface area contributed by atoms with E-state index in [-0.39, 0.29) is 95.9 Å². The average molecular weight is 1160 g/mol. The lowest BCUT2D eigenvalue weighted by Crippen LogP contribution is -3.00. The first-order valence-electron chi connectivity index (χ1n) is 21.6. The van der Waals surface area contributed by atoms with Gasteiger partial charge >= 0.3 is 0 Å². The van der Waals surface area contributed by atoms with Gasteiger partial charge in [0.25, 0.3) is 0 Å². The molecule has 0 saturated carbocycles. The lowest BCUT2D eigenvalue weighted by atomic mass is 10.1. The fourth-order valence-corrected chi connectivity index (χ4v) is 8.68. The van der Waals surface area contributed by atoms with Crippen LogP contribution in [0.5, 0.6) is 0 Å². The molecular weight excluding hydrogens is 1070 g/mol. The van der Waals surface area contributed by atoms with Crippen LogP contribution in [-0.4, -0.2) is 123 Å². The van der Waals surface area contributed by atoms with Crippen LogP contribution in [0.25, 0.3) is 0 Å². The molecule has 0 atom stereocenters. The van der Waals surface area contributed by atoms with Gasteiger partial charge in [0.05, 0.1) is 105 Å².